The molecule has 2 amide bonds. The molecule has 1 aromatic heterocycles. The number of nitrogens with one attached hydrogen (secondary N) is 1. The molecule has 0 radical (unpaired) electrons. The Morgan fingerprint density at radius 2 is 1.87 bits per heavy atom. The molecule has 31 heavy (non-hydrogen) atoms. The molecule has 2 fully saturated rings. The molecule has 1 saturated carbocycles. The predicted molar refractivity (Wildman–Crippen MR) is 112 cm³/mol. The average molecular weight is 415 g/mol. The quantitative estimate of drug-likeness (QED) is 0.663. The largest absolute Gasteiger partial charge is 0.454 e. The van der Waals surface area contributed by atoms with Gasteiger partial charge in [0.2, 0.25) is 18.6 Å². The molecule has 4 heterocycles. The summed E-state index contributed by atoms with van der Waals surface area (Å²) in [6.07, 6.45) is 1.81. The number of carbonyl (C=O) groups is 2. The number of piperazine rings is 1. The Morgan fingerprint density at radius 1 is 1.06 bits per heavy atom. The monoisotopic (exact) mass is 415 g/mol. The lowest BCUT2D eigenvalue weighted by Gasteiger charge is -2.50. The summed E-state index contributed by atoms with van der Waals surface area (Å²) in [5.41, 5.74) is 3.85. The lowest BCUT2D eigenvalue weighted by Crippen LogP contribution is -2.65. The normalized spacial score (nSPS) is 25.2. The topological polar surface area (TPSA) is 74.9 Å². The van der Waals surface area contributed by atoms with Crippen molar-refractivity contribution in [2.24, 2.45) is 0 Å². The number of nitrogens with zero attached hydrogens (tertiary/aromatic N) is 2. The van der Waals surface area contributed by atoms with Crippen molar-refractivity contribution in [1.29, 1.82) is 0 Å². The van der Waals surface area contributed by atoms with Crippen LogP contribution in [0.5, 0.6) is 11.5 Å². The van der Waals surface area contributed by atoms with Crippen LogP contribution in [0.1, 0.15) is 35.7 Å². The summed E-state index contributed by atoms with van der Waals surface area (Å²) < 4.78 is 11.1. The number of aromatic amines is 1. The van der Waals surface area contributed by atoms with Gasteiger partial charge in [-0.3, -0.25) is 9.59 Å². The SMILES string of the molecule is CN1CC(=O)N2[C@H](c3ccc4c(c3)OCO4)c3[nH]c4ccccc4c3C3(CC3)[C@@H]2C1=O. The number of amides is 2. The highest BCUT2D eigenvalue weighted by atomic mass is 16.7. The highest BCUT2D eigenvalue weighted by Crippen LogP contribution is 2.62. The van der Waals surface area contributed by atoms with E-state index in [2.05, 4.69) is 17.1 Å². The van der Waals surface area contributed by atoms with E-state index in [1.807, 2.05) is 35.2 Å². The molecule has 4 aliphatic rings. The number of H-pyrrole nitrogens is 1. The van der Waals surface area contributed by atoms with Crippen LogP contribution in [0, 0.1) is 0 Å². The highest BCUT2D eigenvalue weighted by molar-refractivity contribution is 6.00. The maximum absolute atomic E-state index is 13.5. The van der Waals surface area contributed by atoms with E-state index in [4.69, 9.17) is 9.47 Å². The van der Waals surface area contributed by atoms with E-state index < -0.39 is 6.04 Å². The molecule has 3 aliphatic heterocycles. The van der Waals surface area contributed by atoms with E-state index in [0.29, 0.717) is 11.5 Å². The third-order valence-corrected chi connectivity index (χ3v) is 7.36. The Balaban J connectivity index is 1.53. The average Bonchev–Trinajstić information content (AvgIpc) is 3.22. The molecule has 156 valence electrons. The lowest BCUT2D eigenvalue weighted by atomic mass is 9.76. The van der Waals surface area contributed by atoms with Crippen molar-refractivity contribution in [2.45, 2.75) is 30.3 Å². The Morgan fingerprint density at radius 3 is 2.71 bits per heavy atom. The van der Waals surface area contributed by atoms with Gasteiger partial charge in [-0.1, -0.05) is 24.3 Å². The smallest absolute Gasteiger partial charge is 0.246 e. The van der Waals surface area contributed by atoms with Crippen molar-refractivity contribution in [3.05, 3.63) is 59.3 Å². The molecule has 1 saturated heterocycles. The third-order valence-electron chi connectivity index (χ3n) is 7.36. The molecule has 1 aliphatic carbocycles. The summed E-state index contributed by atoms with van der Waals surface area (Å²) in [5, 5.41) is 1.15. The molecule has 7 heteroatoms. The van der Waals surface area contributed by atoms with E-state index in [1.54, 1.807) is 11.9 Å². The number of rotatable bonds is 1. The number of hydrogen-bond acceptors (Lipinski definition) is 4. The van der Waals surface area contributed by atoms with Crippen LogP contribution >= 0.6 is 0 Å². The molecular formula is C24H21N3O4. The molecule has 1 N–H and O–H groups in total. The van der Waals surface area contributed by atoms with Crippen molar-refractivity contribution < 1.29 is 19.1 Å². The van der Waals surface area contributed by atoms with Crippen molar-refractivity contribution in [3.8, 4) is 11.5 Å². The summed E-state index contributed by atoms with van der Waals surface area (Å²) in [4.78, 5) is 33.9. The third kappa shape index (κ3) is 2.08. The van der Waals surface area contributed by atoms with Gasteiger partial charge in [-0.05, 0) is 42.2 Å². The van der Waals surface area contributed by atoms with E-state index >= 15 is 0 Å². The van der Waals surface area contributed by atoms with Crippen LogP contribution in [0.4, 0.5) is 0 Å². The fraction of sp³-hybridized carbons (Fsp3) is 0.333. The summed E-state index contributed by atoms with van der Waals surface area (Å²) in [5.74, 6) is 1.38. The number of hydrogen-bond donors (Lipinski definition) is 1. The number of likely N-dealkylation sites (N-methyl/N-ethyl adjacent to an activating group) is 1. The molecule has 0 unspecified atom stereocenters. The van der Waals surface area contributed by atoms with Gasteiger partial charge in [-0.25, -0.2) is 0 Å². The first kappa shape index (κ1) is 17.2. The number of ether oxygens (including phenoxy) is 2. The van der Waals surface area contributed by atoms with Crippen molar-refractivity contribution in [1.82, 2.24) is 14.8 Å². The van der Waals surface area contributed by atoms with Gasteiger partial charge >= 0.3 is 0 Å². The second-order valence-corrected chi connectivity index (χ2v) is 9.03. The molecule has 3 aromatic rings. The van der Waals surface area contributed by atoms with Gasteiger partial charge in [0.15, 0.2) is 11.5 Å². The number of para-hydroxylation sites is 1. The first-order valence-corrected chi connectivity index (χ1v) is 10.7. The Kier molecular flexibility index (Phi) is 3.11. The van der Waals surface area contributed by atoms with E-state index in [9.17, 15) is 9.59 Å². The molecule has 2 aromatic carbocycles. The zero-order valence-electron chi connectivity index (χ0n) is 17.1. The standard InChI is InChI=1S/C24H21N3O4/c1-26-11-18(28)27-21(13-6-7-16-17(10-13)31-12-30-16)20-19(14-4-2-3-5-15(14)25-20)24(8-9-24)22(27)23(26)29/h2-7,10,21-22,25H,8-9,11-12H2,1H3/t21-,22+/m1/s1. The molecule has 7 rings (SSSR count). The van der Waals surface area contributed by atoms with Crippen LogP contribution in [0.25, 0.3) is 10.9 Å². The number of fused-ring (bicyclic) bond motifs is 7. The van der Waals surface area contributed by atoms with Crippen LogP contribution in [0.2, 0.25) is 0 Å². The first-order valence-electron chi connectivity index (χ1n) is 10.7. The van der Waals surface area contributed by atoms with E-state index in [-0.39, 0.29) is 36.6 Å². The molecular weight excluding hydrogens is 394 g/mol. The Bertz CT molecular complexity index is 1290. The summed E-state index contributed by atoms with van der Waals surface area (Å²) in [7, 11) is 1.73. The summed E-state index contributed by atoms with van der Waals surface area (Å²) in [6.45, 7) is 0.292. The molecule has 2 atom stereocenters. The lowest BCUT2D eigenvalue weighted by molar-refractivity contribution is -0.159. The van der Waals surface area contributed by atoms with Crippen LogP contribution < -0.4 is 9.47 Å². The molecule has 1 spiro atoms. The zero-order chi connectivity index (χ0) is 20.9. The van der Waals surface area contributed by atoms with Crippen molar-refractivity contribution >= 4 is 22.7 Å². The van der Waals surface area contributed by atoms with Crippen LogP contribution in [-0.2, 0) is 15.0 Å². The minimum absolute atomic E-state index is 0.0228. The van der Waals surface area contributed by atoms with Crippen LogP contribution in [0.15, 0.2) is 42.5 Å². The molecule has 0 bridgehead atoms. The zero-order valence-corrected chi connectivity index (χ0v) is 17.1. The van der Waals surface area contributed by atoms with Gasteiger partial charge in [0.05, 0.1) is 12.6 Å². The Hall–Kier alpha value is -3.48. The summed E-state index contributed by atoms with van der Waals surface area (Å²) >= 11 is 0. The van der Waals surface area contributed by atoms with Gasteiger partial charge in [0, 0.05) is 29.1 Å². The van der Waals surface area contributed by atoms with Gasteiger partial charge < -0.3 is 24.3 Å². The van der Waals surface area contributed by atoms with Gasteiger partial charge in [0.25, 0.3) is 0 Å². The van der Waals surface area contributed by atoms with Crippen molar-refractivity contribution in [3.63, 3.8) is 0 Å². The number of aromatic nitrogens is 1. The maximum Gasteiger partial charge on any atom is 0.246 e. The molecule has 7 nitrogen and oxygen atoms in total. The van der Waals surface area contributed by atoms with E-state index in [1.165, 1.54) is 5.56 Å². The van der Waals surface area contributed by atoms with Gasteiger partial charge in [-0.2, -0.15) is 0 Å². The Labute approximate surface area is 178 Å². The highest BCUT2D eigenvalue weighted by Gasteiger charge is 2.65. The fourth-order valence-corrected chi connectivity index (χ4v) is 5.88. The first-order chi connectivity index (χ1) is 15.1. The van der Waals surface area contributed by atoms with Crippen LogP contribution in [0.3, 0.4) is 0 Å². The second kappa shape index (κ2) is 5.60. The van der Waals surface area contributed by atoms with E-state index in [0.717, 1.165) is 35.0 Å². The fourth-order valence-electron chi connectivity index (χ4n) is 5.88. The van der Waals surface area contributed by atoms with Gasteiger partial charge in [-0.15, -0.1) is 0 Å². The maximum atomic E-state index is 13.5. The van der Waals surface area contributed by atoms with Crippen molar-refractivity contribution in [2.75, 3.05) is 20.4 Å². The minimum atomic E-state index is -0.485. The summed E-state index contributed by atoms with van der Waals surface area (Å²) in [6, 6.07) is 13.2. The van der Waals surface area contributed by atoms with Gasteiger partial charge in [0.1, 0.15) is 6.04 Å². The number of carbonyl (C=O) groups excluding carboxylic acids is 2. The minimum Gasteiger partial charge on any atom is -0.454 e. The van der Waals surface area contributed by atoms with Crippen LogP contribution in [-0.4, -0.2) is 53.0 Å². The number of benzene rings is 2. The second-order valence-electron chi connectivity index (χ2n) is 9.03. The predicted octanol–water partition coefficient (Wildman–Crippen LogP) is 2.70.